The lowest BCUT2D eigenvalue weighted by Gasteiger charge is -2.04. The Morgan fingerprint density at radius 1 is 1.00 bits per heavy atom. The van der Waals surface area contributed by atoms with E-state index in [-0.39, 0.29) is 17.8 Å². The van der Waals surface area contributed by atoms with E-state index in [2.05, 4.69) is 13.8 Å². The Labute approximate surface area is 151 Å². The number of rotatable bonds is 14. The smallest absolute Gasteiger partial charge is 0.346 e. The van der Waals surface area contributed by atoms with Gasteiger partial charge in [0.05, 0.1) is 6.61 Å². The van der Waals surface area contributed by atoms with Crippen LogP contribution < -0.4 is 0 Å². The third-order valence-electron chi connectivity index (χ3n) is 4.64. The Morgan fingerprint density at radius 2 is 1.52 bits per heavy atom. The van der Waals surface area contributed by atoms with E-state index in [0.29, 0.717) is 6.42 Å². The fourth-order valence-electron chi connectivity index (χ4n) is 3.09. The lowest BCUT2D eigenvalue weighted by molar-refractivity contribution is -0.142. The van der Waals surface area contributed by atoms with Crippen LogP contribution in [0.1, 0.15) is 84.5 Å². The van der Waals surface area contributed by atoms with Gasteiger partial charge in [-0.1, -0.05) is 71.6 Å². The van der Waals surface area contributed by atoms with E-state index in [1.165, 1.54) is 44.9 Å². The lowest BCUT2D eigenvalue weighted by Crippen LogP contribution is -2.15. The van der Waals surface area contributed by atoms with Crippen LogP contribution in [-0.2, 0) is 14.3 Å². The maximum atomic E-state index is 12.0. The Kier molecular flexibility index (Phi) is 10.5. The molecule has 1 aliphatic rings. The van der Waals surface area contributed by atoms with Gasteiger partial charge in [-0.15, -0.1) is 0 Å². The first-order valence-electron chi connectivity index (χ1n) is 9.75. The summed E-state index contributed by atoms with van der Waals surface area (Å²) < 4.78 is 4.74. The van der Waals surface area contributed by atoms with Crippen molar-refractivity contribution in [2.24, 2.45) is 5.92 Å². The van der Waals surface area contributed by atoms with E-state index in [9.17, 15) is 14.7 Å². The first kappa shape index (κ1) is 21.7. The Balaban J connectivity index is 2.04. The SMILES string of the molecule is CC(C)CCCCCCCCCCCC(=O)C1=C(O)[C@@H](CO)OC1=O. The minimum Gasteiger partial charge on any atom is -0.507 e. The molecule has 0 aromatic rings. The van der Waals surface area contributed by atoms with Gasteiger partial charge in [-0.3, -0.25) is 4.79 Å². The van der Waals surface area contributed by atoms with Crippen molar-refractivity contribution in [1.82, 2.24) is 0 Å². The maximum absolute atomic E-state index is 12.0. The average Bonchev–Trinajstić information content (AvgIpc) is 2.86. The molecule has 0 bridgehead atoms. The summed E-state index contributed by atoms with van der Waals surface area (Å²) in [5.41, 5.74) is -0.277. The molecule has 1 rings (SSSR count). The third kappa shape index (κ3) is 8.04. The summed E-state index contributed by atoms with van der Waals surface area (Å²) in [7, 11) is 0. The molecule has 0 spiro atoms. The first-order valence-corrected chi connectivity index (χ1v) is 9.75. The van der Waals surface area contributed by atoms with E-state index in [1.807, 2.05) is 0 Å². The van der Waals surface area contributed by atoms with Crippen LogP contribution in [0.15, 0.2) is 11.3 Å². The van der Waals surface area contributed by atoms with Crippen LogP contribution in [0.25, 0.3) is 0 Å². The highest BCUT2D eigenvalue weighted by Gasteiger charge is 2.37. The second-order valence-corrected chi connectivity index (χ2v) is 7.37. The number of carbonyl (C=O) groups is 2. The highest BCUT2D eigenvalue weighted by Crippen LogP contribution is 2.23. The fraction of sp³-hybridized carbons (Fsp3) is 0.800. The van der Waals surface area contributed by atoms with Gasteiger partial charge in [-0.05, 0) is 12.3 Å². The number of Topliss-reactive ketones (excluding diaryl/α,β-unsaturated/α-hetero) is 1. The number of ketones is 1. The monoisotopic (exact) mass is 354 g/mol. The van der Waals surface area contributed by atoms with Gasteiger partial charge < -0.3 is 14.9 Å². The second kappa shape index (κ2) is 12.1. The van der Waals surface area contributed by atoms with Crippen molar-refractivity contribution >= 4 is 11.8 Å². The topological polar surface area (TPSA) is 83.8 Å². The number of hydrogen-bond donors (Lipinski definition) is 2. The fourth-order valence-corrected chi connectivity index (χ4v) is 3.09. The second-order valence-electron chi connectivity index (χ2n) is 7.37. The zero-order valence-corrected chi connectivity index (χ0v) is 15.8. The summed E-state index contributed by atoms with van der Waals surface area (Å²) in [5.74, 6) is -0.821. The summed E-state index contributed by atoms with van der Waals surface area (Å²) in [4.78, 5) is 23.6. The highest BCUT2D eigenvalue weighted by atomic mass is 16.6. The number of esters is 1. The number of carbonyl (C=O) groups excluding carboxylic acids is 2. The molecule has 144 valence electrons. The average molecular weight is 354 g/mol. The molecule has 0 unspecified atom stereocenters. The Hall–Kier alpha value is -1.36. The molecule has 0 aliphatic carbocycles. The predicted octanol–water partition coefficient (Wildman–Crippen LogP) is 4.23. The molecule has 0 amide bonds. The molecular weight excluding hydrogens is 320 g/mol. The third-order valence-corrected chi connectivity index (χ3v) is 4.64. The van der Waals surface area contributed by atoms with Gasteiger partial charge >= 0.3 is 5.97 Å². The van der Waals surface area contributed by atoms with Crippen molar-refractivity contribution in [3.8, 4) is 0 Å². The first-order chi connectivity index (χ1) is 12.0. The number of aliphatic hydroxyl groups is 2. The number of aliphatic hydroxyl groups excluding tert-OH is 2. The molecule has 5 heteroatoms. The normalized spacial score (nSPS) is 17.4. The van der Waals surface area contributed by atoms with Crippen molar-refractivity contribution in [2.45, 2.75) is 90.6 Å². The summed E-state index contributed by atoms with van der Waals surface area (Å²) in [6.45, 7) is 4.03. The van der Waals surface area contributed by atoms with E-state index < -0.39 is 24.4 Å². The Bertz CT molecular complexity index is 453. The van der Waals surface area contributed by atoms with Gasteiger partial charge in [0, 0.05) is 6.42 Å². The van der Waals surface area contributed by atoms with Crippen LogP contribution in [0.5, 0.6) is 0 Å². The van der Waals surface area contributed by atoms with Crippen LogP contribution in [0.4, 0.5) is 0 Å². The van der Waals surface area contributed by atoms with Crippen molar-refractivity contribution < 1.29 is 24.5 Å². The predicted molar refractivity (Wildman–Crippen MR) is 97.3 cm³/mol. The molecule has 25 heavy (non-hydrogen) atoms. The lowest BCUT2D eigenvalue weighted by atomic mass is 10.0. The van der Waals surface area contributed by atoms with Crippen LogP contribution >= 0.6 is 0 Å². The molecule has 0 radical (unpaired) electrons. The van der Waals surface area contributed by atoms with Crippen molar-refractivity contribution in [2.75, 3.05) is 6.61 Å². The van der Waals surface area contributed by atoms with Crippen LogP contribution in [-0.4, -0.2) is 34.7 Å². The zero-order valence-electron chi connectivity index (χ0n) is 15.8. The molecule has 0 fully saturated rings. The molecule has 2 N–H and O–H groups in total. The maximum Gasteiger partial charge on any atom is 0.346 e. The van der Waals surface area contributed by atoms with Gasteiger partial charge in [-0.25, -0.2) is 4.79 Å². The largest absolute Gasteiger partial charge is 0.507 e. The molecule has 5 nitrogen and oxygen atoms in total. The summed E-state index contributed by atoms with van der Waals surface area (Å²) in [6.07, 6.45) is 10.9. The number of hydrogen-bond acceptors (Lipinski definition) is 5. The number of cyclic esters (lactones) is 1. The molecule has 0 saturated heterocycles. The summed E-state index contributed by atoms with van der Waals surface area (Å²) >= 11 is 0. The standard InChI is InChI=1S/C20H34O5/c1-15(2)12-10-8-6-4-3-5-7-9-11-13-16(22)18-19(23)17(14-21)25-20(18)24/h15,17,21,23H,3-14H2,1-2H3/t17-/m1/s1. The van der Waals surface area contributed by atoms with Gasteiger partial charge in [0.25, 0.3) is 0 Å². The molecule has 1 heterocycles. The Morgan fingerprint density at radius 3 is 2.00 bits per heavy atom. The summed E-state index contributed by atoms with van der Waals surface area (Å²) in [6, 6.07) is 0. The molecule has 1 aliphatic heterocycles. The molecule has 0 aromatic heterocycles. The molecule has 1 atom stereocenters. The van der Waals surface area contributed by atoms with Crippen molar-refractivity contribution in [1.29, 1.82) is 0 Å². The molecule has 0 aromatic carbocycles. The van der Waals surface area contributed by atoms with Crippen LogP contribution in [0, 0.1) is 5.92 Å². The zero-order chi connectivity index (χ0) is 18.7. The number of unbranched alkanes of at least 4 members (excludes halogenated alkanes) is 8. The summed E-state index contributed by atoms with van der Waals surface area (Å²) in [5, 5.41) is 18.7. The van der Waals surface area contributed by atoms with Crippen molar-refractivity contribution in [3.05, 3.63) is 11.3 Å². The van der Waals surface area contributed by atoms with Gasteiger partial charge in [0.2, 0.25) is 0 Å². The van der Waals surface area contributed by atoms with Crippen LogP contribution in [0.2, 0.25) is 0 Å². The minimum atomic E-state index is -1.08. The van der Waals surface area contributed by atoms with Crippen LogP contribution in [0.3, 0.4) is 0 Å². The van der Waals surface area contributed by atoms with Gasteiger partial charge in [-0.2, -0.15) is 0 Å². The molecular formula is C20H34O5. The van der Waals surface area contributed by atoms with E-state index in [4.69, 9.17) is 9.84 Å². The van der Waals surface area contributed by atoms with E-state index >= 15 is 0 Å². The van der Waals surface area contributed by atoms with Gasteiger partial charge in [0.1, 0.15) is 5.57 Å². The number of ether oxygens (including phenoxy) is 1. The quantitative estimate of drug-likeness (QED) is 0.277. The van der Waals surface area contributed by atoms with E-state index in [0.717, 1.165) is 18.8 Å². The van der Waals surface area contributed by atoms with Gasteiger partial charge in [0.15, 0.2) is 17.6 Å². The van der Waals surface area contributed by atoms with E-state index in [1.54, 1.807) is 0 Å². The van der Waals surface area contributed by atoms with Crippen molar-refractivity contribution in [3.63, 3.8) is 0 Å². The molecule has 0 saturated carbocycles. The minimum absolute atomic E-state index is 0.238. The highest BCUT2D eigenvalue weighted by molar-refractivity contribution is 6.19.